The number of anilines is 2. The van der Waals surface area contributed by atoms with Gasteiger partial charge in [0, 0.05) is 11.8 Å². The molecule has 0 saturated heterocycles. The maximum absolute atomic E-state index is 12.5. The highest BCUT2D eigenvalue weighted by Gasteiger charge is 2.24. The number of hydrogen-bond acceptors (Lipinski definition) is 4. The van der Waals surface area contributed by atoms with Gasteiger partial charge in [-0.1, -0.05) is 53.5 Å². The molecule has 2 aromatic rings. The van der Waals surface area contributed by atoms with E-state index in [1.54, 1.807) is 30.3 Å². The Bertz CT molecular complexity index is 996. The molecule has 0 atom stereocenters. The molecule has 0 aromatic heterocycles. The molecule has 0 spiro atoms. The Morgan fingerprint density at radius 3 is 2.50 bits per heavy atom. The van der Waals surface area contributed by atoms with Crippen LogP contribution in [0.1, 0.15) is 0 Å². The lowest BCUT2D eigenvalue weighted by atomic mass is 10.3. The van der Waals surface area contributed by atoms with Crippen molar-refractivity contribution in [1.29, 1.82) is 0 Å². The Morgan fingerprint density at radius 2 is 1.86 bits per heavy atom. The summed E-state index contributed by atoms with van der Waals surface area (Å²) in [6.45, 7) is 3.37. The van der Waals surface area contributed by atoms with E-state index in [1.807, 2.05) is 0 Å². The molecule has 150 valence electrons. The fourth-order valence-corrected chi connectivity index (χ4v) is 3.79. The van der Waals surface area contributed by atoms with Crippen LogP contribution in [0.5, 0.6) is 5.75 Å². The van der Waals surface area contributed by atoms with Crippen molar-refractivity contribution in [2.24, 2.45) is 0 Å². The molecule has 0 bridgehead atoms. The maximum atomic E-state index is 12.5. The Morgan fingerprint density at radius 1 is 1.18 bits per heavy atom. The lowest BCUT2D eigenvalue weighted by molar-refractivity contribution is -0.114. The molecule has 0 radical (unpaired) electrons. The standard InChI is InChI=1S/C18H17Cl3N2O4S/c1-3-7-27-13-6-4-5-12(8-13)22-18(24)11-23(28(2,25)26)17-10-15(20)14(19)9-16(17)21/h3-6,8-10H,1,7,11H2,2H3,(H,22,24). The predicted octanol–water partition coefficient (Wildman–Crippen LogP) is 4.62. The highest BCUT2D eigenvalue weighted by atomic mass is 35.5. The van der Waals surface area contributed by atoms with Crippen LogP contribution >= 0.6 is 34.8 Å². The quantitative estimate of drug-likeness (QED) is 0.458. The lowest BCUT2D eigenvalue weighted by Crippen LogP contribution is -2.37. The Balaban J connectivity index is 2.23. The van der Waals surface area contributed by atoms with Crippen molar-refractivity contribution < 1.29 is 17.9 Å². The Kier molecular flexibility index (Phi) is 7.60. The monoisotopic (exact) mass is 462 g/mol. The number of sulfonamides is 1. The van der Waals surface area contributed by atoms with Gasteiger partial charge < -0.3 is 10.1 Å². The van der Waals surface area contributed by atoms with E-state index in [0.29, 0.717) is 18.0 Å². The van der Waals surface area contributed by atoms with Gasteiger partial charge in [-0.2, -0.15) is 0 Å². The number of carbonyl (C=O) groups excluding carboxylic acids is 1. The van der Waals surface area contributed by atoms with Gasteiger partial charge in [-0.15, -0.1) is 0 Å². The molecule has 2 rings (SSSR count). The van der Waals surface area contributed by atoms with Gasteiger partial charge in [0.15, 0.2) is 0 Å². The van der Waals surface area contributed by atoms with Crippen molar-refractivity contribution >= 4 is 62.1 Å². The minimum Gasteiger partial charge on any atom is -0.489 e. The van der Waals surface area contributed by atoms with Gasteiger partial charge >= 0.3 is 0 Å². The van der Waals surface area contributed by atoms with Crippen molar-refractivity contribution in [2.45, 2.75) is 0 Å². The van der Waals surface area contributed by atoms with E-state index >= 15 is 0 Å². The number of rotatable bonds is 8. The number of carbonyl (C=O) groups is 1. The first kappa shape index (κ1) is 22.4. The smallest absolute Gasteiger partial charge is 0.245 e. The molecule has 28 heavy (non-hydrogen) atoms. The Labute approximate surface area is 178 Å². The van der Waals surface area contributed by atoms with Crippen LogP contribution < -0.4 is 14.4 Å². The van der Waals surface area contributed by atoms with Crippen molar-refractivity contribution in [1.82, 2.24) is 0 Å². The molecule has 1 amide bonds. The van der Waals surface area contributed by atoms with Crippen molar-refractivity contribution in [2.75, 3.05) is 29.0 Å². The van der Waals surface area contributed by atoms with Crippen molar-refractivity contribution in [3.8, 4) is 5.75 Å². The van der Waals surface area contributed by atoms with Gasteiger partial charge in [-0.25, -0.2) is 8.42 Å². The van der Waals surface area contributed by atoms with E-state index in [0.717, 1.165) is 10.6 Å². The van der Waals surface area contributed by atoms with Crippen LogP contribution in [0.15, 0.2) is 49.1 Å². The summed E-state index contributed by atoms with van der Waals surface area (Å²) in [4.78, 5) is 12.5. The SMILES string of the molecule is C=CCOc1cccc(NC(=O)CN(c2cc(Cl)c(Cl)cc2Cl)S(C)(=O)=O)c1. The van der Waals surface area contributed by atoms with Gasteiger partial charge in [0.25, 0.3) is 0 Å². The van der Waals surface area contributed by atoms with E-state index in [2.05, 4.69) is 11.9 Å². The fraction of sp³-hybridized carbons (Fsp3) is 0.167. The highest BCUT2D eigenvalue weighted by Crippen LogP contribution is 2.35. The van der Waals surface area contributed by atoms with Crippen LogP contribution in [0.25, 0.3) is 0 Å². The summed E-state index contributed by atoms with van der Waals surface area (Å²) in [5, 5.41) is 2.96. The average Bonchev–Trinajstić information content (AvgIpc) is 2.61. The molecule has 1 N–H and O–H groups in total. The number of nitrogens with one attached hydrogen (secondary N) is 1. The van der Waals surface area contributed by atoms with Crippen LogP contribution in [0.2, 0.25) is 15.1 Å². The zero-order valence-corrected chi connectivity index (χ0v) is 17.9. The maximum Gasteiger partial charge on any atom is 0.245 e. The molecular weight excluding hydrogens is 447 g/mol. The van der Waals surface area contributed by atoms with Crippen molar-refractivity contribution in [3.05, 3.63) is 64.1 Å². The number of benzene rings is 2. The summed E-state index contributed by atoms with van der Waals surface area (Å²) in [6.07, 6.45) is 2.55. The first-order chi connectivity index (χ1) is 13.1. The van der Waals surface area contributed by atoms with Gasteiger partial charge in [-0.05, 0) is 24.3 Å². The first-order valence-electron chi connectivity index (χ1n) is 7.87. The second-order valence-corrected chi connectivity index (χ2v) is 8.79. The molecule has 6 nitrogen and oxygen atoms in total. The highest BCUT2D eigenvalue weighted by molar-refractivity contribution is 7.92. The van der Waals surface area contributed by atoms with E-state index in [4.69, 9.17) is 39.5 Å². The molecular formula is C18H17Cl3N2O4S. The van der Waals surface area contributed by atoms with Gasteiger partial charge in [-0.3, -0.25) is 9.10 Å². The number of hydrogen-bond donors (Lipinski definition) is 1. The largest absolute Gasteiger partial charge is 0.489 e. The minimum atomic E-state index is -3.83. The normalized spacial score (nSPS) is 11.0. The van der Waals surface area contributed by atoms with E-state index in [1.165, 1.54) is 12.1 Å². The molecule has 0 heterocycles. The van der Waals surface area contributed by atoms with Crippen LogP contribution in [0, 0.1) is 0 Å². The molecule has 2 aromatic carbocycles. The molecule has 10 heteroatoms. The molecule has 0 unspecified atom stereocenters. The van der Waals surface area contributed by atoms with E-state index in [9.17, 15) is 13.2 Å². The van der Waals surface area contributed by atoms with Gasteiger partial charge in [0.1, 0.15) is 18.9 Å². The van der Waals surface area contributed by atoms with Crippen LogP contribution in [0.3, 0.4) is 0 Å². The van der Waals surface area contributed by atoms with Crippen LogP contribution in [-0.2, 0) is 14.8 Å². The summed E-state index contributed by atoms with van der Waals surface area (Å²) in [6, 6.07) is 9.28. The second-order valence-electron chi connectivity index (χ2n) is 5.66. The number of amides is 1. The zero-order chi connectivity index (χ0) is 20.9. The summed E-state index contributed by atoms with van der Waals surface area (Å²) < 4.78 is 30.7. The molecule has 0 aliphatic rings. The topological polar surface area (TPSA) is 75.7 Å². The zero-order valence-electron chi connectivity index (χ0n) is 14.8. The second kappa shape index (κ2) is 9.52. The third-order valence-corrected chi connectivity index (χ3v) is 5.58. The summed E-state index contributed by atoms with van der Waals surface area (Å²) in [5.74, 6) is -0.0429. The number of nitrogens with zero attached hydrogens (tertiary/aromatic N) is 1. The first-order valence-corrected chi connectivity index (χ1v) is 10.9. The van der Waals surface area contributed by atoms with Gasteiger partial charge in [0.2, 0.25) is 15.9 Å². The third-order valence-electron chi connectivity index (χ3n) is 3.43. The fourth-order valence-electron chi connectivity index (χ4n) is 2.23. The third kappa shape index (κ3) is 6.04. The molecule has 0 fully saturated rings. The summed E-state index contributed by atoms with van der Waals surface area (Å²) in [5.41, 5.74) is 0.497. The van der Waals surface area contributed by atoms with Gasteiger partial charge in [0.05, 0.1) is 27.0 Å². The summed E-state index contributed by atoms with van der Waals surface area (Å²) >= 11 is 18.0. The Hall–Kier alpha value is -1.93. The number of ether oxygens (including phenoxy) is 1. The van der Waals surface area contributed by atoms with Crippen molar-refractivity contribution in [3.63, 3.8) is 0 Å². The number of halogens is 3. The minimum absolute atomic E-state index is 0.0486. The summed E-state index contributed by atoms with van der Waals surface area (Å²) in [7, 11) is -3.83. The van der Waals surface area contributed by atoms with Crippen LogP contribution in [0.4, 0.5) is 11.4 Å². The molecule has 0 saturated carbocycles. The lowest BCUT2D eigenvalue weighted by Gasteiger charge is -2.23. The average molecular weight is 464 g/mol. The van der Waals surface area contributed by atoms with E-state index < -0.39 is 22.5 Å². The molecule has 0 aliphatic carbocycles. The van der Waals surface area contributed by atoms with Crippen LogP contribution in [-0.4, -0.2) is 33.7 Å². The van der Waals surface area contributed by atoms with E-state index in [-0.39, 0.29) is 20.8 Å². The predicted molar refractivity (Wildman–Crippen MR) is 114 cm³/mol. The molecule has 0 aliphatic heterocycles.